The maximum atomic E-state index is 5.99. The van der Waals surface area contributed by atoms with Gasteiger partial charge in [-0.15, -0.1) is 0 Å². The molecule has 0 unspecified atom stereocenters. The van der Waals surface area contributed by atoms with Gasteiger partial charge in [0.2, 0.25) is 0 Å². The molecule has 3 nitrogen and oxygen atoms in total. The fraction of sp³-hybridized carbons (Fsp3) is 0.0667. The SMILES string of the molecule is COc1cc(Cl)ccc1-c1ncnc2ccccc12. The molecule has 4 heteroatoms. The van der Waals surface area contributed by atoms with Crippen LogP contribution < -0.4 is 4.74 Å². The average molecular weight is 271 g/mol. The number of halogens is 1. The van der Waals surface area contributed by atoms with Crippen LogP contribution in [0.15, 0.2) is 48.8 Å². The van der Waals surface area contributed by atoms with Crippen LogP contribution in [0.1, 0.15) is 0 Å². The van der Waals surface area contributed by atoms with Gasteiger partial charge in [0.25, 0.3) is 0 Å². The van der Waals surface area contributed by atoms with Crippen LogP contribution in [0.25, 0.3) is 22.2 Å². The fourth-order valence-corrected chi connectivity index (χ4v) is 2.24. The zero-order chi connectivity index (χ0) is 13.2. The highest BCUT2D eigenvalue weighted by molar-refractivity contribution is 6.30. The van der Waals surface area contributed by atoms with Crippen LogP contribution in [0.2, 0.25) is 5.02 Å². The third-order valence-corrected chi connectivity index (χ3v) is 3.20. The number of ether oxygens (including phenoxy) is 1. The van der Waals surface area contributed by atoms with Gasteiger partial charge in [0, 0.05) is 16.0 Å². The summed E-state index contributed by atoms with van der Waals surface area (Å²) >= 11 is 5.99. The van der Waals surface area contributed by atoms with Crippen molar-refractivity contribution in [3.8, 4) is 17.0 Å². The van der Waals surface area contributed by atoms with Crippen molar-refractivity contribution >= 4 is 22.5 Å². The Morgan fingerprint density at radius 3 is 2.74 bits per heavy atom. The molecule has 0 aliphatic carbocycles. The van der Waals surface area contributed by atoms with Crippen LogP contribution in [0.3, 0.4) is 0 Å². The Balaban J connectivity index is 2.30. The number of hydrogen-bond acceptors (Lipinski definition) is 3. The molecule has 0 amide bonds. The molecule has 0 aliphatic heterocycles. The van der Waals surface area contributed by atoms with Gasteiger partial charge in [-0.1, -0.05) is 29.8 Å². The van der Waals surface area contributed by atoms with Crippen LogP contribution in [0.4, 0.5) is 0 Å². The summed E-state index contributed by atoms with van der Waals surface area (Å²) in [5, 5.41) is 1.63. The minimum absolute atomic E-state index is 0.638. The first kappa shape index (κ1) is 11.9. The average Bonchev–Trinajstić information content (AvgIpc) is 2.46. The second-order valence-corrected chi connectivity index (χ2v) is 4.52. The Labute approximate surface area is 115 Å². The Morgan fingerprint density at radius 1 is 1.05 bits per heavy atom. The van der Waals surface area contributed by atoms with Gasteiger partial charge in [0.15, 0.2) is 0 Å². The molecule has 0 saturated carbocycles. The van der Waals surface area contributed by atoms with Gasteiger partial charge in [0.1, 0.15) is 12.1 Å². The van der Waals surface area contributed by atoms with Gasteiger partial charge >= 0.3 is 0 Å². The lowest BCUT2D eigenvalue weighted by Crippen LogP contribution is -1.92. The van der Waals surface area contributed by atoms with Crippen molar-refractivity contribution in [1.82, 2.24) is 9.97 Å². The predicted molar refractivity (Wildman–Crippen MR) is 76.5 cm³/mol. The third-order valence-electron chi connectivity index (χ3n) is 2.96. The van der Waals surface area contributed by atoms with Crippen molar-refractivity contribution in [3.05, 3.63) is 53.8 Å². The van der Waals surface area contributed by atoms with Crippen molar-refractivity contribution in [2.75, 3.05) is 7.11 Å². The van der Waals surface area contributed by atoms with Crippen molar-refractivity contribution in [2.45, 2.75) is 0 Å². The summed E-state index contributed by atoms with van der Waals surface area (Å²) in [7, 11) is 1.62. The van der Waals surface area contributed by atoms with E-state index >= 15 is 0 Å². The van der Waals surface area contributed by atoms with E-state index in [0.717, 1.165) is 22.2 Å². The second-order valence-electron chi connectivity index (χ2n) is 4.08. The van der Waals surface area contributed by atoms with Crippen LogP contribution in [-0.2, 0) is 0 Å². The standard InChI is InChI=1S/C15H11ClN2O/c1-19-14-8-10(16)6-7-12(14)15-11-4-2-3-5-13(11)17-9-18-15/h2-9H,1H3. The summed E-state index contributed by atoms with van der Waals surface area (Å²) in [6, 6.07) is 13.4. The zero-order valence-electron chi connectivity index (χ0n) is 10.3. The summed E-state index contributed by atoms with van der Waals surface area (Å²) in [5.41, 5.74) is 2.66. The number of hydrogen-bond donors (Lipinski definition) is 0. The van der Waals surface area contributed by atoms with E-state index in [1.54, 1.807) is 19.5 Å². The number of rotatable bonds is 2. The molecule has 1 heterocycles. The summed E-state index contributed by atoms with van der Waals surface area (Å²) in [4.78, 5) is 8.64. The lowest BCUT2D eigenvalue weighted by molar-refractivity contribution is 0.416. The lowest BCUT2D eigenvalue weighted by Gasteiger charge is -2.10. The number of benzene rings is 2. The molecule has 19 heavy (non-hydrogen) atoms. The quantitative estimate of drug-likeness (QED) is 0.707. The normalized spacial score (nSPS) is 10.6. The highest BCUT2D eigenvalue weighted by Crippen LogP contribution is 2.34. The number of nitrogens with zero attached hydrogens (tertiary/aromatic N) is 2. The first-order valence-electron chi connectivity index (χ1n) is 5.83. The molecule has 0 aliphatic rings. The van der Waals surface area contributed by atoms with Crippen molar-refractivity contribution < 1.29 is 4.74 Å². The topological polar surface area (TPSA) is 35.0 Å². The smallest absolute Gasteiger partial charge is 0.129 e. The van der Waals surface area contributed by atoms with Crippen LogP contribution in [0, 0.1) is 0 Å². The third kappa shape index (κ3) is 2.13. The largest absolute Gasteiger partial charge is 0.496 e. The molecule has 0 fully saturated rings. The molecule has 2 aromatic carbocycles. The zero-order valence-corrected chi connectivity index (χ0v) is 11.1. The van der Waals surface area contributed by atoms with E-state index in [4.69, 9.17) is 16.3 Å². The van der Waals surface area contributed by atoms with Gasteiger partial charge < -0.3 is 4.74 Å². The minimum Gasteiger partial charge on any atom is -0.496 e. The van der Waals surface area contributed by atoms with Crippen molar-refractivity contribution in [2.24, 2.45) is 0 Å². The summed E-state index contributed by atoms with van der Waals surface area (Å²) in [5.74, 6) is 0.705. The lowest BCUT2D eigenvalue weighted by atomic mass is 10.1. The maximum absolute atomic E-state index is 5.99. The molecular weight excluding hydrogens is 260 g/mol. The van der Waals surface area contributed by atoms with Crippen LogP contribution in [0.5, 0.6) is 5.75 Å². The van der Waals surface area contributed by atoms with Gasteiger partial charge in [-0.2, -0.15) is 0 Å². The van der Waals surface area contributed by atoms with E-state index in [0.29, 0.717) is 10.8 Å². The number of methoxy groups -OCH3 is 1. The van der Waals surface area contributed by atoms with Gasteiger partial charge in [-0.25, -0.2) is 9.97 Å². The molecule has 0 bridgehead atoms. The first-order valence-corrected chi connectivity index (χ1v) is 6.21. The number of para-hydroxylation sites is 1. The van der Waals surface area contributed by atoms with E-state index in [9.17, 15) is 0 Å². The fourth-order valence-electron chi connectivity index (χ4n) is 2.08. The maximum Gasteiger partial charge on any atom is 0.129 e. The Hall–Kier alpha value is -2.13. The first-order chi connectivity index (χ1) is 9.29. The molecule has 3 aromatic rings. The summed E-state index contributed by atoms with van der Waals surface area (Å²) < 4.78 is 5.38. The van der Waals surface area contributed by atoms with E-state index in [-0.39, 0.29) is 0 Å². The molecule has 0 N–H and O–H groups in total. The number of aromatic nitrogens is 2. The Morgan fingerprint density at radius 2 is 1.89 bits per heavy atom. The highest BCUT2D eigenvalue weighted by Gasteiger charge is 2.11. The Kier molecular flexibility index (Phi) is 3.05. The van der Waals surface area contributed by atoms with Crippen molar-refractivity contribution in [3.63, 3.8) is 0 Å². The van der Waals surface area contributed by atoms with E-state index in [1.807, 2.05) is 36.4 Å². The van der Waals surface area contributed by atoms with Crippen LogP contribution in [-0.4, -0.2) is 17.1 Å². The molecule has 3 rings (SSSR count). The van der Waals surface area contributed by atoms with E-state index in [1.165, 1.54) is 0 Å². The molecule has 0 spiro atoms. The molecule has 0 saturated heterocycles. The molecular formula is C15H11ClN2O. The monoisotopic (exact) mass is 270 g/mol. The van der Waals surface area contributed by atoms with E-state index in [2.05, 4.69) is 9.97 Å². The molecule has 0 atom stereocenters. The second kappa shape index (κ2) is 4.86. The summed E-state index contributed by atoms with van der Waals surface area (Å²) in [6.45, 7) is 0. The van der Waals surface area contributed by atoms with E-state index < -0.39 is 0 Å². The molecule has 0 radical (unpaired) electrons. The minimum atomic E-state index is 0.638. The van der Waals surface area contributed by atoms with Crippen LogP contribution >= 0.6 is 11.6 Å². The summed E-state index contributed by atoms with van der Waals surface area (Å²) in [6.07, 6.45) is 1.56. The predicted octanol–water partition coefficient (Wildman–Crippen LogP) is 3.96. The number of fused-ring (bicyclic) bond motifs is 1. The highest BCUT2D eigenvalue weighted by atomic mass is 35.5. The Bertz CT molecular complexity index is 738. The van der Waals surface area contributed by atoms with Crippen molar-refractivity contribution in [1.29, 1.82) is 0 Å². The molecule has 1 aromatic heterocycles. The van der Waals surface area contributed by atoms with Gasteiger partial charge in [-0.05, 0) is 24.3 Å². The van der Waals surface area contributed by atoms with Gasteiger partial charge in [-0.3, -0.25) is 0 Å². The molecule has 94 valence electrons. The van der Waals surface area contributed by atoms with Gasteiger partial charge in [0.05, 0.1) is 18.3 Å².